The van der Waals surface area contributed by atoms with E-state index >= 15 is 0 Å². The van der Waals surface area contributed by atoms with Crippen LogP contribution in [0.25, 0.3) is 0 Å². The predicted octanol–water partition coefficient (Wildman–Crippen LogP) is 4.28. The van der Waals surface area contributed by atoms with Crippen molar-refractivity contribution in [2.75, 3.05) is 18.0 Å². The Kier molecular flexibility index (Phi) is 3.83. The van der Waals surface area contributed by atoms with E-state index in [9.17, 15) is 0 Å². The van der Waals surface area contributed by atoms with Crippen LogP contribution in [0.5, 0.6) is 0 Å². The summed E-state index contributed by atoms with van der Waals surface area (Å²) < 4.78 is 0. The highest BCUT2D eigenvalue weighted by Gasteiger charge is 2.20. The summed E-state index contributed by atoms with van der Waals surface area (Å²) in [7, 11) is 0. The Labute approximate surface area is 111 Å². The van der Waals surface area contributed by atoms with Gasteiger partial charge < -0.3 is 4.90 Å². The molecule has 0 amide bonds. The number of aromatic nitrogens is 1. The monoisotopic (exact) mass is 278 g/mol. The third-order valence-corrected chi connectivity index (χ3v) is 3.78. The molecular formula is C11H13Cl3N2. The first-order chi connectivity index (χ1) is 7.58. The Balaban J connectivity index is 2.29. The van der Waals surface area contributed by atoms with E-state index in [0.29, 0.717) is 21.1 Å². The minimum atomic E-state index is 0.319. The van der Waals surface area contributed by atoms with Crippen LogP contribution in [0, 0.1) is 5.92 Å². The van der Waals surface area contributed by atoms with Gasteiger partial charge in [-0.2, -0.15) is 0 Å². The van der Waals surface area contributed by atoms with E-state index < -0.39 is 0 Å². The third-order valence-electron chi connectivity index (χ3n) is 2.82. The summed E-state index contributed by atoms with van der Waals surface area (Å²) in [5.41, 5.74) is 0. The lowest BCUT2D eigenvalue weighted by atomic mass is 10.0. The first-order valence-corrected chi connectivity index (χ1v) is 6.48. The van der Waals surface area contributed by atoms with Gasteiger partial charge in [0.15, 0.2) is 0 Å². The van der Waals surface area contributed by atoms with E-state index in [2.05, 4.69) is 16.8 Å². The van der Waals surface area contributed by atoms with Gasteiger partial charge in [-0.25, -0.2) is 4.98 Å². The molecule has 88 valence electrons. The highest BCUT2D eigenvalue weighted by atomic mass is 35.5. The Morgan fingerprint density at radius 2 is 2.06 bits per heavy atom. The molecule has 16 heavy (non-hydrogen) atoms. The zero-order valence-corrected chi connectivity index (χ0v) is 11.3. The van der Waals surface area contributed by atoms with Crippen molar-refractivity contribution in [1.29, 1.82) is 0 Å². The fourth-order valence-corrected chi connectivity index (χ4v) is 2.65. The smallest absolute Gasteiger partial charge is 0.150 e. The number of hydrogen-bond donors (Lipinski definition) is 0. The number of halogens is 3. The molecule has 0 bridgehead atoms. The topological polar surface area (TPSA) is 16.1 Å². The van der Waals surface area contributed by atoms with E-state index in [0.717, 1.165) is 18.9 Å². The minimum Gasteiger partial charge on any atom is -0.355 e. The Bertz CT molecular complexity index is 395. The molecule has 5 heteroatoms. The van der Waals surface area contributed by atoms with Crippen molar-refractivity contribution in [2.24, 2.45) is 5.92 Å². The molecule has 2 heterocycles. The van der Waals surface area contributed by atoms with Crippen LogP contribution in [0.15, 0.2) is 6.07 Å². The molecule has 1 unspecified atom stereocenters. The summed E-state index contributed by atoms with van der Waals surface area (Å²) in [6.45, 7) is 4.19. The van der Waals surface area contributed by atoms with E-state index in [1.165, 1.54) is 12.8 Å². The van der Waals surface area contributed by atoms with Crippen LogP contribution >= 0.6 is 34.8 Å². The van der Waals surface area contributed by atoms with Crippen LogP contribution in [0.2, 0.25) is 15.2 Å². The molecule has 0 saturated carbocycles. The molecule has 0 N–H and O–H groups in total. The van der Waals surface area contributed by atoms with Crippen molar-refractivity contribution in [3.05, 3.63) is 21.3 Å². The van der Waals surface area contributed by atoms with Gasteiger partial charge in [0.25, 0.3) is 0 Å². The molecule has 0 radical (unpaired) electrons. The van der Waals surface area contributed by atoms with Gasteiger partial charge >= 0.3 is 0 Å². The summed E-state index contributed by atoms with van der Waals surface area (Å²) in [6, 6.07) is 1.66. The Morgan fingerprint density at radius 3 is 2.75 bits per heavy atom. The fraction of sp³-hybridized carbons (Fsp3) is 0.545. The van der Waals surface area contributed by atoms with Gasteiger partial charge in [-0.1, -0.05) is 41.7 Å². The zero-order valence-electron chi connectivity index (χ0n) is 9.01. The maximum absolute atomic E-state index is 6.14. The highest BCUT2D eigenvalue weighted by molar-refractivity contribution is 6.42. The largest absolute Gasteiger partial charge is 0.355 e. The standard InChI is InChI=1S/C11H13Cl3N2/c1-7-3-2-4-16(6-7)11-9(13)5-8(12)10(14)15-11/h5,7H,2-4,6H2,1H3. The molecule has 1 fully saturated rings. The number of nitrogens with zero attached hydrogens (tertiary/aromatic N) is 2. The van der Waals surface area contributed by atoms with E-state index in [-0.39, 0.29) is 0 Å². The summed E-state index contributed by atoms with van der Waals surface area (Å²) >= 11 is 17.9. The Morgan fingerprint density at radius 1 is 1.31 bits per heavy atom. The van der Waals surface area contributed by atoms with Crippen LogP contribution in [0.4, 0.5) is 5.82 Å². The molecule has 0 aromatic carbocycles. The second kappa shape index (κ2) is 4.99. The van der Waals surface area contributed by atoms with Crippen LogP contribution in [0.1, 0.15) is 19.8 Å². The van der Waals surface area contributed by atoms with Crippen molar-refractivity contribution < 1.29 is 0 Å². The maximum atomic E-state index is 6.14. The molecule has 1 aliphatic rings. The van der Waals surface area contributed by atoms with Gasteiger partial charge in [0, 0.05) is 13.1 Å². The van der Waals surface area contributed by atoms with Crippen molar-refractivity contribution in [1.82, 2.24) is 4.98 Å². The fourth-order valence-electron chi connectivity index (χ4n) is 2.04. The van der Waals surface area contributed by atoms with Gasteiger partial charge in [0.1, 0.15) is 11.0 Å². The number of pyridine rings is 1. The first kappa shape index (κ1) is 12.3. The molecule has 0 spiro atoms. The van der Waals surface area contributed by atoms with Crippen LogP contribution in [0.3, 0.4) is 0 Å². The predicted molar refractivity (Wildman–Crippen MR) is 69.9 cm³/mol. The van der Waals surface area contributed by atoms with Crippen LogP contribution < -0.4 is 4.90 Å². The summed E-state index contributed by atoms with van der Waals surface area (Å²) in [5.74, 6) is 1.42. The third kappa shape index (κ3) is 2.55. The highest BCUT2D eigenvalue weighted by Crippen LogP contribution is 2.33. The van der Waals surface area contributed by atoms with E-state index in [1.54, 1.807) is 6.07 Å². The summed E-state index contributed by atoms with van der Waals surface area (Å²) in [5, 5.41) is 1.29. The average Bonchev–Trinajstić information content (AvgIpc) is 2.23. The van der Waals surface area contributed by atoms with Crippen molar-refractivity contribution >= 4 is 40.6 Å². The second-order valence-corrected chi connectivity index (χ2v) is 5.43. The van der Waals surface area contributed by atoms with Gasteiger partial charge in [-0.15, -0.1) is 0 Å². The SMILES string of the molecule is CC1CCCN(c2nc(Cl)c(Cl)cc2Cl)C1. The Hall–Kier alpha value is -0.180. The second-order valence-electron chi connectivity index (χ2n) is 4.26. The molecule has 1 aliphatic heterocycles. The lowest BCUT2D eigenvalue weighted by Crippen LogP contribution is -2.35. The van der Waals surface area contributed by atoms with Crippen molar-refractivity contribution in [3.8, 4) is 0 Å². The molecule has 2 nitrogen and oxygen atoms in total. The summed E-state index contributed by atoms with van der Waals surface area (Å²) in [6.07, 6.45) is 2.43. The number of piperidine rings is 1. The molecule has 1 aromatic rings. The lowest BCUT2D eigenvalue weighted by molar-refractivity contribution is 0.444. The van der Waals surface area contributed by atoms with Gasteiger partial charge in [-0.3, -0.25) is 0 Å². The lowest BCUT2D eigenvalue weighted by Gasteiger charge is -2.32. The number of hydrogen-bond acceptors (Lipinski definition) is 2. The normalized spacial score (nSPS) is 21.2. The van der Waals surface area contributed by atoms with Gasteiger partial charge in [-0.05, 0) is 24.8 Å². The van der Waals surface area contributed by atoms with Crippen molar-refractivity contribution in [3.63, 3.8) is 0 Å². The van der Waals surface area contributed by atoms with E-state index in [4.69, 9.17) is 34.8 Å². The van der Waals surface area contributed by atoms with Crippen LogP contribution in [-0.2, 0) is 0 Å². The zero-order chi connectivity index (χ0) is 11.7. The maximum Gasteiger partial charge on any atom is 0.150 e. The number of rotatable bonds is 1. The summed E-state index contributed by atoms with van der Waals surface area (Å²) in [4.78, 5) is 6.44. The minimum absolute atomic E-state index is 0.319. The molecule has 1 aromatic heterocycles. The van der Waals surface area contributed by atoms with Gasteiger partial charge in [0.05, 0.1) is 10.0 Å². The first-order valence-electron chi connectivity index (χ1n) is 5.34. The molecule has 1 atom stereocenters. The van der Waals surface area contributed by atoms with Crippen LogP contribution in [-0.4, -0.2) is 18.1 Å². The number of anilines is 1. The quantitative estimate of drug-likeness (QED) is 0.713. The van der Waals surface area contributed by atoms with Gasteiger partial charge in [0.2, 0.25) is 0 Å². The molecule has 1 saturated heterocycles. The molecule has 0 aliphatic carbocycles. The molecule has 2 rings (SSSR count). The molecular weight excluding hydrogens is 266 g/mol. The average molecular weight is 280 g/mol. The van der Waals surface area contributed by atoms with Crippen molar-refractivity contribution in [2.45, 2.75) is 19.8 Å². The van der Waals surface area contributed by atoms with E-state index in [1.807, 2.05) is 0 Å².